The summed E-state index contributed by atoms with van der Waals surface area (Å²) in [6.45, 7) is 5.55. The Morgan fingerprint density at radius 2 is 1.95 bits per heavy atom. The van der Waals surface area contributed by atoms with Gasteiger partial charge in [-0.25, -0.2) is 4.79 Å². The summed E-state index contributed by atoms with van der Waals surface area (Å²) in [5, 5.41) is 19.2. The van der Waals surface area contributed by atoms with Gasteiger partial charge in [0.2, 0.25) is 0 Å². The molecule has 5 heteroatoms. The van der Waals surface area contributed by atoms with E-state index in [2.05, 4.69) is 0 Å². The van der Waals surface area contributed by atoms with Crippen LogP contribution in [0.25, 0.3) is 0 Å². The lowest BCUT2D eigenvalue weighted by Gasteiger charge is -2.43. The lowest BCUT2D eigenvalue weighted by molar-refractivity contribution is -0.0557. The van der Waals surface area contributed by atoms with Gasteiger partial charge in [-0.2, -0.15) is 5.26 Å². The molecular weight excluding hydrogens is 244 g/mol. The maximum absolute atomic E-state index is 12.2. The Kier molecular flexibility index (Phi) is 3.48. The van der Waals surface area contributed by atoms with E-state index in [1.807, 2.05) is 26.8 Å². The standard InChI is InChI=1S/C14H22N2O3/c1-13(2,3)19-12(17)16-10-4-5-11(16)9-14(18,8-10)6-7-15/h10-11,18H,4-6,8-9H2,1-3H3/t10-,11-/m0/s1. The minimum Gasteiger partial charge on any atom is -0.444 e. The summed E-state index contributed by atoms with van der Waals surface area (Å²) in [5.41, 5.74) is -1.43. The second-order valence-corrected chi connectivity index (χ2v) is 6.74. The zero-order chi connectivity index (χ0) is 14.3. The van der Waals surface area contributed by atoms with E-state index >= 15 is 0 Å². The summed E-state index contributed by atoms with van der Waals surface area (Å²) in [5.74, 6) is 0. The fraction of sp³-hybridized carbons (Fsp3) is 0.857. The van der Waals surface area contributed by atoms with Crippen LogP contribution in [0.2, 0.25) is 0 Å². The van der Waals surface area contributed by atoms with E-state index in [9.17, 15) is 9.90 Å². The van der Waals surface area contributed by atoms with Crippen LogP contribution in [-0.4, -0.2) is 39.4 Å². The van der Waals surface area contributed by atoms with E-state index in [-0.39, 0.29) is 24.6 Å². The average molecular weight is 266 g/mol. The van der Waals surface area contributed by atoms with Crippen LogP contribution in [0.4, 0.5) is 4.79 Å². The van der Waals surface area contributed by atoms with Gasteiger partial charge in [0.1, 0.15) is 5.60 Å². The first kappa shape index (κ1) is 14.1. The van der Waals surface area contributed by atoms with E-state index in [1.54, 1.807) is 4.90 Å². The third kappa shape index (κ3) is 3.01. The normalized spacial score (nSPS) is 33.9. The van der Waals surface area contributed by atoms with E-state index < -0.39 is 11.2 Å². The highest BCUT2D eigenvalue weighted by atomic mass is 16.6. The highest BCUT2D eigenvalue weighted by molar-refractivity contribution is 5.69. The molecule has 2 atom stereocenters. The molecule has 5 nitrogen and oxygen atoms in total. The third-order valence-electron chi connectivity index (χ3n) is 3.86. The number of ether oxygens (including phenoxy) is 1. The van der Waals surface area contributed by atoms with Gasteiger partial charge in [0.15, 0.2) is 0 Å². The van der Waals surface area contributed by atoms with Crippen LogP contribution in [0.15, 0.2) is 0 Å². The number of piperidine rings is 1. The molecular formula is C14H22N2O3. The summed E-state index contributed by atoms with van der Waals surface area (Å²) >= 11 is 0. The van der Waals surface area contributed by atoms with Crippen LogP contribution in [0, 0.1) is 11.3 Å². The van der Waals surface area contributed by atoms with E-state index in [4.69, 9.17) is 10.00 Å². The molecule has 0 spiro atoms. The summed E-state index contributed by atoms with van der Waals surface area (Å²) in [6, 6.07) is 2.06. The number of hydrogen-bond acceptors (Lipinski definition) is 4. The number of aliphatic hydroxyl groups is 1. The molecule has 2 heterocycles. The Hall–Kier alpha value is -1.28. The van der Waals surface area contributed by atoms with Crippen LogP contribution < -0.4 is 0 Å². The maximum Gasteiger partial charge on any atom is 0.410 e. The number of nitrogens with zero attached hydrogens (tertiary/aromatic N) is 2. The largest absolute Gasteiger partial charge is 0.444 e. The topological polar surface area (TPSA) is 73.6 Å². The monoisotopic (exact) mass is 266 g/mol. The number of nitriles is 1. The Bertz CT molecular complexity index is 394. The fourth-order valence-electron chi connectivity index (χ4n) is 3.23. The predicted octanol–water partition coefficient (Wildman–Crippen LogP) is 2.19. The van der Waals surface area contributed by atoms with Crippen molar-refractivity contribution < 1.29 is 14.6 Å². The van der Waals surface area contributed by atoms with Crippen molar-refractivity contribution in [3.63, 3.8) is 0 Å². The number of rotatable bonds is 1. The van der Waals surface area contributed by atoms with Gasteiger partial charge in [-0.1, -0.05) is 0 Å². The Morgan fingerprint density at radius 1 is 1.42 bits per heavy atom. The van der Waals surface area contributed by atoms with Gasteiger partial charge in [0.05, 0.1) is 18.1 Å². The van der Waals surface area contributed by atoms with Crippen molar-refractivity contribution in [1.29, 1.82) is 5.26 Å². The number of hydrogen-bond donors (Lipinski definition) is 1. The first-order chi connectivity index (χ1) is 8.74. The summed E-state index contributed by atoms with van der Waals surface area (Å²) in [7, 11) is 0. The van der Waals surface area contributed by atoms with Crippen molar-refractivity contribution in [2.45, 2.75) is 76.2 Å². The summed E-state index contributed by atoms with van der Waals surface area (Å²) in [4.78, 5) is 14.0. The van der Waals surface area contributed by atoms with Crippen LogP contribution in [-0.2, 0) is 4.74 Å². The zero-order valence-corrected chi connectivity index (χ0v) is 11.8. The molecule has 0 aromatic heterocycles. The molecule has 0 saturated carbocycles. The van der Waals surface area contributed by atoms with Gasteiger partial charge in [-0.15, -0.1) is 0 Å². The Morgan fingerprint density at radius 3 is 2.37 bits per heavy atom. The second-order valence-electron chi connectivity index (χ2n) is 6.74. The molecule has 0 unspecified atom stereocenters. The molecule has 106 valence electrons. The lowest BCUT2D eigenvalue weighted by atomic mass is 9.84. The quantitative estimate of drug-likeness (QED) is 0.789. The molecule has 2 fully saturated rings. The van der Waals surface area contributed by atoms with Gasteiger partial charge in [0, 0.05) is 12.1 Å². The van der Waals surface area contributed by atoms with Crippen molar-refractivity contribution in [2.24, 2.45) is 0 Å². The number of carbonyl (C=O) groups excluding carboxylic acids is 1. The highest BCUT2D eigenvalue weighted by Gasteiger charge is 2.50. The van der Waals surface area contributed by atoms with E-state index in [0.29, 0.717) is 12.8 Å². The third-order valence-corrected chi connectivity index (χ3v) is 3.86. The first-order valence-corrected chi connectivity index (χ1v) is 6.85. The molecule has 1 amide bonds. The average Bonchev–Trinajstić information content (AvgIpc) is 2.50. The number of carbonyl (C=O) groups is 1. The summed E-state index contributed by atoms with van der Waals surface area (Å²) in [6.07, 6.45) is 2.59. The highest BCUT2D eigenvalue weighted by Crippen LogP contribution is 2.42. The first-order valence-electron chi connectivity index (χ1n) is 6.85. The smallest absolute Gasteiger partial charge is 0.410 e. The number of fused-ring (bicyclic) bond motifs is 2. The van der Waals surface area contributed by atoms with Gasteiger partial charge >= 0.3 is 6.09 Å². The van der Waals surface area contributed by atoms with Gasteiger partial charge in [0.25, 0.3) is 0 Å². The molecule has 1 N–H and O–H groups in total. The van der Waals surface area contributed by atoms with Gasteiger partial charge in [-0.05, 0) is 46.5 Å². The van der Waals surface area contributed by atoms with Crippen LogP contribution in [0.5, 0.6) is 0 Å². The van der Waals surface area contributed by atoms with Crippen LogP contribution in [0.1, 0.15) is 52.9 Å². The van der Waals surface area contributed by atoms with E-state index in [1.165, 1.54) is 0 Å². The molecule has 2 bridgehead atoms. The maximum atomic E-state index is 12.2. The van der Waals surface area contributed by atoms with Crippen LogP contribution in [0.3, 0.4) is 0 Å². The lowest BCUT2D eigenvalue weighted by Crippen LogP contribution is -2.54. The van der Waals surface area contributed by atoms with Crippen molar-refractivity contribution >= 4 is 6.09 Å². The second kappa shape index (κ2) is 4.68. The fourth-order valence-corrected chi connectivity index (χ4v) is 3.23. The molecule has 2 saturated heterocycles. The minimum absolute atomic E-state index is 0.00644. The zero-order valence-electron chi connectivity index (χ0n) is 11.8. The molecule has 19 heavy (non-hydrogen) atoms. The van der Waals surface area contributed by atoms with Crippen molar-refractivity contribution in [1.82, 2.24) is 4.90 Å². The van der Waals surface area contributed by atoms with Crippen molar-refractivity contribution in [2.75, 3.05) is 0 Å². The Labute approximate surface area is 114 Å². The minimum atomic E-state index is -0.931. The van der Waals surface area contributed by atoms with Crippen molar-refractivity contribution in [3.8, 4) is 6.07 Å². The molecule has 0 aromatic rings. The predicted molar refractivity (Wildman–Crippen MR) is 69.3 cm³/mol. The molecule has 0 radical (unpaired) electrons. The molecule has 0 aliphatic carbocycles. The SMILES string of the molecule is CC(C)(C)OC(=O)N1[C@H]2CC[C@H]1CC(O)(CC#N)C2. The summed E-state index contributed by atoms with van der Waals surface area (Å²) < 4.78 is 5.43. The molecule has 2 aliphatic rings. The van der Waals surface area contributed by atoms with E-state index in [0.717, 1.165) is 12.8 Å². The van der Waals surface area contributed by atoms with Crippen LogP contribution >= 0.6 is 0 Å². The molecule has 2 aliphatic heterocycles. The number of amides is 1. The Balaban J connectivity index is 2.08. The molecule has 0 aromatic carbocycles. The van der Waals surface area contributed by atoms with Gasteiger partial charge < -0.3 is 14.7 Å². The van der Waals surface area contributed by atoms with Crippen molar-refractivity contribution in [3.05, 3.63) is 0 Å². The van der Waals surface area contributed by atoms with Gasteiger partial charge in [-0.3, -0.25) is 0 Å². The molecule has 2 rings (SSSR count).